The van der Waals surface area contributed by atoms with Gasteiger partial charge in [-0.1, -0.05) is 0 Å². The Labute approximate surface area is 87.6 Å². The van der Waals surface area contributed by atoms with E-state index in [4.69, 9.17) is 4.74 Å². The summed E-state index contributed by atoms with van der Waals surface area (Å²) in [5.41, 5.74) is 1.26. The summed E-state index contributed by atoms with van der Waals surface area (Å²) in [6, 6.07) is 1.73. The summed E-state index contributed by atoms with van der Waals surface area (Å²) in [6.45, 7) is 1.41. The summed E-state index contributed by atoms with van der Waals surface area (Å²) in [5.74, 6) is 0.181. The number of likely N-dealkylation sites (N-methyl/N-ethyl adjacent to an activating group) is 1. The fraction of sp³-hybridized carbons (Fsp3) is 0.400. The molecule has 0 aromatic carbocycles. The van der Waals surface area contributed by atoms with Gasteiger partial charge in [0.15, 0.2) is 0 Å². The molecule has 0 amide bonds. The van der Waals surface area contributed by atoms with E-state index < -0.39 is 0 Å². The number of nitrogens with zero attached hydrogens (tertiary/aromatic N) is 2. The standard InChI is InChI=1S/C10H12N2O3/c1-12-3-4-15-9-8(12)5-7(6-11-9)10(13)14-2/h5-6H,3-4H2,1-2H3. The lowest BCUT2D eigenvalue weighted by atomic mass is 10.2. The van der Waals surface area contributed by atoms with E-state index in [2.05, 4.69) is 9.72 Å². The van der Waals surface area contributed by atoms with Crippen molar-refractivity contribution in [1.82, 2.24) is 4.98 Å². The van der Waals surface area contributed by atoms with Gasteiger partial charge in [0, 0.05) is 13.2 Å². The number of hydrogen-bond acceptors (Lipinski definition) is 5. The molecule has 0 bridgehead atoms. The molecular formula is C10H12N2O3. The van der Waals surface area contributed by atoms with Crippen LogP contribution >= 0.6 is 0 Å². The van der Waals surface area contributed by atoms with Crippen molar-refractivity contribution in [3.05, 3.63) is 17.8 Å². The minimum Gasteiger partial charge on any atom is -0.474 e. The lowest BCUT2D eigenvalue weighted by molar-refractivity contribution is 0.0600. The molecule has 80 valence electrons. The van der Waals surface area contributed by atoms with E-state index in [1.165, 1.54) is 13.3 Å². The Kier molecular flexibility index (Phi) is 2.45. The highest BCUT2D eigenvalue weighted by atomic mass is 16.5. The molecule has 0 atom stereocenters. The minimum absolute atomic E-state index is 0.385. The van der Waals surface area contributed by atoms with Crippen LogP contribution in [-0.4, -0.2) is 38.3 Å². The van der Waals surface area contributed by atoms with Crippen LogP contribution in [0.4, 0.5) is 5.69 Å². The van der Waals surface area contributed by atoms with E-state index in [9.17, 15) is 4.79 Å². The Morgan fingerprint density at radius 2 is 2.47 bits per heavy atom. The molecule has 15 heavy (non-hydrogen) atoms. The van der Waals surface area contributed by atoms with Gasteiger partial charge in [-0.2, -0.15) is 0 Å². The van der Waals surface area contributed by atoms with Crippen molar-refractivity contribution >= 4 is 11.7 Å². The summed E-state index contributed by atoms with van der Waals surface area (Å²) in [4.78, 5) is 17.4. The number of rotatable bonds is 1. The zero-order chi connectivity index (χ0) is 10.8. The maximum atomic E-state index is 11.3. The van der Waals surface area contributed by atoms with Crippen molar-refractivity contribution in [2.75, 3.05) is 32.2 Å². The Hall–Kier alpha value is -1.78. The average molecular weight is 208 g/mol. The van der Waals surface area contributed by atoms with Gasteiger partial charge in [0.25, 0.3) is 0 Å². The minimum atomic E-state index is -0.385. The smallest absolute Gasteiger partial charge is 0.339 e. The highest BCUT2D eigenvalue weighted by Gasteiger charge is 2.18. The van der Waals surface area contributed by atoms with E-state index in [1.54, 1.807) is 6.07 Å². The summed E-state index contributed by atoms with van der Waals surface area (Å²) in [7, 11) is 3.28. The molecule has 1 aliphatic heterocycles. The number of ether oxygens (including phenoxy) is 2. The van der Waals surface area contributed by atoms with Crippen molar-refractivity contribution in [2.24, 2.45) is 0 Å². The van der Waals surface area contributed by atoms with Crippen molar-refractivity contribution in [3.8, 4) is 5.88 Å². The first-order valence-electron chi connectivity index (χ1n) is 4.64. The second kappa shape index (κ2) is 3.76. The fourth-order valence-electron chi connectivity index (χ4n) is 1.45. The molecule has 1 aromatic heterocycles. The summed E-state index contributed by atoms with van der Waals surface area (Å²) in [6.07, 6.45) is 1.46. The fourth-order valence-corrected chi connectivity index (χ4v) is 1.45. The number of aromatic nitrogens is 1. The predicted molar refractivity (Wildman–Crippen MR) is 54.3 cm³/mol. The van der Waals surface area contributed by atoms with Gasteiger partial charge in [0.2, 0.25) is 5.88 Å². The van der Waals surface area contributed by atoms with E-state index >= 15 is 0 Å². The molecule has 0 spiro atoms. The average Bonchev–Trinajstić information content (AvgIpc) is 2.28. The molecule has 0 N–H and O–H groups in total. The molecule has 5 heteroatoms. The van der Waals surface area contributed by atoms with Gasteiger partial charge < -0.3 is 14.4 Å². The van der Waals surface area contributed by atoms with Gasteiger partial charge in [-0.15, -0.1) is 0 Å². The number of hydrogen-bond donors (Lipinski definition) is 0. The SMILES string of the molecule is COC(=O)c1cnc2c(c1)N(C)CCO2. The molecule has 2 rings (SSSR count). The topological polar surface area (TPSA) is 51.7 Å². The van der Waals surface area contributed by atoms with Crippen LogP contribution in [0.1, 0.15) is 10.4 Å². The third-order valence-corrected chi connectivity index (χ3v) is 2.33. The van der Waals surface area contributed by atoms with E-state index in [1.807, 2.05) is 11.9 Å². The molecule has 0 radical (unpaired) electrons. The van der Waals surface area contributed by atoms with Gasteiger partial charge in [0.05, 0.1) is 19.2 Å². The number of anilines is 1. The van der Waals surface area contributed by atoms with Gasteiger partial charge in [-0.25, -0.2) is 9.78 Å². The van der Waals surface area contributed by atoms with Crippen LogP contribution in [0.2, 0.25) is 0 Å². The third kappa shape index (κ3) is 1.72. The van der Waals surface area contributed by atoms with E-state index in [0.717, 1.165) is 12.2 Å². The van der Waals surface area contributed by atoms with Crippen LogP contribution in [-0.2, 0) is 4.74 Å². The molecule has 0 unspecified atom stereocenters. The Balaban J connectivity index is 2.39. The predicted octanol–water partition coefficient (Wildman–Crippen LogP) is 0.697. The Morgan fingerprint density at radius 3 is 3.20 bits per heavy atom. The van der Waals surface area contributed by atoms with Crippen LogP contribution in [0.5, 0.6) is 5.88 Å². The Bertz CT molecular complexity index is 392. The zero-order valence-electron chi connectivity index (χ0n) is 8.69. The van der Waals surface area contributed by atoms with Crippen molar-refractivity contribution in [3.63, 3.8) is 0 Å². The number of methoxy groups -OCH3 is 1. The largest absolute Gasteiger partial charge is 0.474 e. The first-order valence-corrected chi connectivity index (χ1v) is 4.64. The molecule has 0 saturated carbocycles. The lowest BCUT2D eigenvalue weighted by Crippen LogP contribution is -2.29. The summed E-state index contributed by atoms with van der Waals surface area (Å²) in [5, 5.41) is 0. The van der Waals surface area contributed by atoms with Crippen molar-refractivity contribution < 1.29 is 14.3 Å². The third-order valence-electron chi connectivity index (χ3n) is 2.33. The van der Waals surface area contributed by atoms with Crippen LogP contribution < -0.4 is 9.64 Å². The molecule has 2 heterocycles. The molecule has 5 nitrogen and oxygen atoms in total. The van der Waals surface area contributed by atoms with E-state index in [-0.39, 0.29) is 5.97 Å². The maximum Gasteiger partial charge on any atom is 0.339 e. The van der Waals surface area contributed by atoms with Crippen LogP contribution in [0.15, 0.2) is 12.3 Å². The molecule has 0 saturated heterocycles. The monoisotopic (exact) mass is 208 g/mol. The maximum absolute atomic E-state index is 11.3. The normalized spacial score (nSPS) is 14.1. The van der Waals surface area contributed by atoms with Crippen molar-refractivity contribution in [1.29, 1.82) is 0 Å². The number of esters is 1. The Morgan fingerprint density at radius 1 is 1.67 bits per heavy atom. The molecule has 0 fully saturated rings. The van der Waals surface area contributed by atoms with E-state index in [0.29, 0.717) is 18.1 Å². The quantitative estimate of drug-likeness (QED) is 0.636. The highest BCUT2D eigenvalue weighted by molar-refractivity contribution is 5.90. The first-order chi connectivity index (χ1) is 7.22. The number of carbonyl (C=O) groups excluding carboxylic acids is 1. The van der Waals surface area contributed by atoms with Crippen molar-refractivity contribution in [2.45, 2.75) is 0 Å². The second-order valence-electron chi connectivity index (χ2n) is 3.31. The lowest BCUT2D eigenvalue weighted by Gasteiger charge is -2.26. The summed E-state index contributed by atoms with van der Waals surface area (Å²) < 4.78 is 9.98. The molecule has 1 aromatic rings. The van der Waals surface area contributed by atoms with Gasteiger partial charge in [-0.05, 0) is 6.07 Å². The highest BCUT2D eigenvalue weighted by Crippen LogP contribution is 2.28. The van der Waals surface area contributed by atoms with Gasteiger partial charge >= 0.3 is 5.97 Å². The molecular weight excluding hydrogens is 196 g/mol. The molecule has 0 aliphatic carbocycles. The first kappa shape index (κ1) is 9.76. The van der Waals surface area contributed by atoms with Gasteiger partial charge in [0.1, 0.15) is 12.3 Å². The summed E-state index contributed by atoms with van der Waals surface area (Å²) >= 11 is 0. The molecule has 1 aliphatic rings. The van der Waals surface area contributed by atoms with Gasteiger partial charge in [-0.3, -0.25) is 0 Å². The zero-order valence-corrected chi connectivity index (χ0v) is 8.69. The number of carbonyl (C=O) groups is 1. The number of pyridine rings is 1. The van der Waals surface area contributed by atoms with Crippen LogP contribution in [0.25, 0.3) is 0 Å². The number of fused-ring (bicyclic) bond motifs is 1. The van der Waals surface area contributed by atoms with Crippen LogP contribution in [0, 0.1) is 0 Å². The second-order valence-corrected chi connectivity index (χ2v) is 3.31. The van der Waals surface area contributed by atoms with Crippen LogP contribution in [0.3, 0.4) is 0 Å².